The third-order valence-electron chi connectivity index (χ3n) is 2.71. The number of amides is 1. The molecule has 0 atom stereocenters. The molecular formula is C15H21F3N2O2. The highest BCUT2D eigenvalue weighted by Gasteiger charge is 2.30. The van der Waals surface area contributed by atoms with E-state index in [0.717, 1.165) is 12.1 Å². The monoisotopic (exact) mass is 318 g/mol. The van der Waals surface area contributed by atoms with Gasteiger partial charge in [-0.2, -0.15) is 13.2 Å². The van der Waals surface area contributed by atoms with Crippen LogP contribution in [0.15, 0.2) is 24.3 Å². The van der Waals surface area contributed by atoms with E-state index in [1.807, 2.05) is 0 Å². The molecule has 0 saturated carbocycles. The van der Waals surface area contributed by atoms with Gasteiger partial charge in [0.15, 0.2) is 0 Å². The number of nitrogens with two attached hydrogens (primary N) is 1. The Balaban J connectivity index is 2.81. The molecule has 1 aromatic carbocycles. The Kier molecular flexibility index (Phi) is 5.82. The first-order valence-corrected chi connectivity index (χ1v) is 6.87. The van der Waals surface area contributed by atoms with Crippen LogP contribution in [0.2, 0.25) is 0 Å². The highest BCUT2D eigenvalue weighted by molar-refractivity contribution is 5.68. The van der Waals surface area contributed by atoms with Crippen molar-refractivity contribution >= 4 is 6.09 Å². The van der Waals surface area contributed by atoms with Crippen molar-refractivity contribution in [3.8, 4) is 0 Å². The number of rotatable bonds is 4. The molecule has 124 valence electrons. The fraction of sp³-hybridized carbons (Fsp3) is 0.533. The summed E-state index contributed by atoms with van der Waals surface area (Å²) in [6.07, 6.45) is -4.92. The summed E-state index contributed by atoms with van der Waals surface area (Å²) in [5, 5.41) is 0. The van der Waals surface area contributed by atoms with Crippen molar-refractivity contribution < 1.29 is 22.7 Å². The Morgan fingerprint density at radius 3 is 2.14 bits per heavy atom. The molecule has 0 bridgehead atoms. The van der Waals surface area contributed by atoms with Crippen molar-refractivity contribution in [3.05, 3.63) is 35.4 Å². The highest BCUT2D eigenvalue weighted by atomic mass is 19.4. The Bertz CT molecular complexity index is 493. The van der Waals surface area contributed by atoms with E-state index in [1.54, 1.807) is 20.8 Å². The molecule has 0 spiro atoms. The molecule has 0 fully saturated rings. The Hall–Kier alpha value is -1.76. The zero-order valence-corrected chi connectivity index (χ0v) is 12.9. The molecule has 7 heteroatoms. The number of ether oxygens (including phenoxy) is 1. The predicted octanol–water partition coefficient (Wildman–Crippen LogP) is 3.40. The zero-order valence-electron chi connectivity index (χ0n) is 12.9. The maximum absolute atomic E-state index is 12.5. The molecule has 4 nitrogen and oxygen atoms in total. The third kappa shape index (κ3) is 5.93. The van der Waals surface area contributed by atoms with Gasteiger partial charge in [-0.05, 0) is 38.5 Å². The fourth-order valence-electron chi connectivity index (χ4n) is 1.74. The first kappa shape index (κ1) is 18.3. The van der Waals surface area contributed by atoms with E-state index in [0.29, 0.717) is 5.56 Å². The van der Waals surface area contributed by atoms with Crippen LogP contribution in [0, 0.1) is 0 Å². The number of carbonyl (C=O) groups is 1. The van der Waals surface area contributed by atoms with Gasteiger partial charge in [0.2, 0.25) is 0 Å². The average molecular weight is 318 g/mol. The van der Waals surface area contributed by atoms with Crippen LogP contribution >= 0.6 is 0 Å². The summed E-state index contributed by atoms with van der Waals surface area (Å²) >= 11 is 0. The quantitative estimate of drug-likeness (QED) is 0.925. The Labute approximate surface area is 128 Å². The van der Waals surface area contributed by atoms with Crippen molar-refractivity contribution in [3.63, 3.8) is 0 Å². The molecular weight excluding hydrogens is 297 g/mol. The molecule has 2 N–H and O–H groups in total. The van der Waals surface area contributed by atoms with Crippen LogP contribution in [0.25, 0.3) is 0 Å². The largest absolute Gasteiger partial charge is 0.444 e. The van der Waals surface area contributed by atoms with Gasteiger partial charge in [0.25, 0.3) is 0 Å². The summed E-state index contributed by atoms with van der Waals surface area (Å²) in [5.41, 5.74) is 4.67. The summed E-state index contributed by atoms with van der Waals surface area (Å²) < 4.78 is 42.8. The van der Waals surface area contributed by atoms with E-state index in [9.17, 15) is 18.0 Å². The van der Waals surface area contributed by atoms with Crippen LogP contribution < -0.4 is 5.73 Å². The molecule has 0 unspecified atom stereocenters. The average Bonchev–Trinajstić information content (AvgIpc) is 2.35. The van der Waals surface area contributed by atoms with Gasteiger partial charge in [0, 0.05) is 19.6 Å². The third-order valence-corrected chi connectivity index (χ3v) is 2.71. The molecule has 0 heterocycles. The van der Waals surface area contributed by atoms with Crippen molar-refractivity contribution in [2.24, 2.45) is 5.73 Å². The van der Waals surface area contributed by atoms with Crippen LogP contribution in [-0.2, 0) is 17.5 Å². The summed E-state index contributed by atoms with van der Waals surface area (Å²) in [6, 6.07) is 4.67. The van der Waals surface area contributed by atoms with Gasteiger partial charge in [0.1, 0.15) is 5.60 Å². The summed E-state index contributed by atoms with van der Waals surface area (Å²) in [5.74, 6) is 0. The molecule has 0 aliphatic rings. The van der Waals surface area contributed by atoms with Crippen LogP contribution in [0.4, 0.5) is 18.0 Å². The topological polar surface area (TPSA) is 55.6 Å². The van der Waals surface area contributed by atoms with Crippen molar-refractivity contribution in [2.45, 2.75) is 39.1 Å². The zero-order chi connectivity index (χ0) is 17.0. The molecule has 0 aromatic heterocycles. The molecule has 1 aromatic rings. The van der Waals surface area contributed by atoms with Gasteiger partial charge in [-0.1, -0.05) is 12.1 Å². The predicted molar refractivity (Wildman–Crippen MR) is 77.1 cm³/mol. The van der Waals surface area contributed by atoms with Gasteiger partial charge in [-0.3, -0.25) is 0 Å². The minimum absolute atomic E-state index is 0.143. The standard InChI is InChI=1S/C15H21F3N2O2/c1-14(2,3)22-13(21)20(9-8-19)10-11-4-6-12(7-5-11)15(16,17)18/h4-7H,8-10,19H2,1-3H3. The van der Waals surface area contributed by atoms with E-state index < -0.39 is 23.4 Å². The van der Waals surface area contributed by atoms with Gasteiger partial charge in [0.05, 0.1) is 5.56 Å². The Morgan fingerprint density at radius 1 is 1.18 bits per heavy atom. The van der Waals surface area contributed by atoms with E-state index >= 15 is 0 Å². The minimum Gasteiger partial charge on any atom is -0.444 e. The fourth-order valence-corrected chi connectivity index (χ4v) is 1.74. The molecule has 0 saturated heterocycles. The number of carbonyl (C=O) groups excluding carboxylic acids is 1. The maximum Gasteiger partial charge on any atom is 0.416 e. The second kappa shape index (κ2) is 7.00. The van der Waals surface area contributed by atoms with E-state index in [1.165, 1.54) is 17.0 Å². The van der Waals surface area contributed by atoms with Crippen LogP contribution in [0.3, 0.4) is 0 Å². The van der Waals surface area contributed by atoms with Crippen LogP contribution in [-0.4, -0.2) is 29.7 Å². The lowest BCUT2D eigenvalue weighted by Crippen LogP contribution is -2.39. The summed E-state index contributed by atoms with van der Waals surface area (Å²) in [7, 11) is 0. The van der Waals surface area contributed by atoms with E-state index in [4.69, 9.17) is 10.5 Å². The van der Waals surface area contributed by atoms with Crippen molar-refractivity contribution in [2.75, 3.05) is 13.1 Å². The molecule has 0 aliphatic heterocycles. The first-order valence-electron chi connectivity index (χ1n) is 6.87. The lowest BCUT2D eigenvalue weighted by atomic mass is 10.1. The lowest BCUT2D eigenvalue weighted by molar-refractivity contribution is -0.137. The van der Waals surface area contributed by atoms with Crippen LogP contribution in [0.1, 0.15) is 31.9 Å². The van der Waals surface area contributed by atoms with Gasteiger partial charge in [-0.25, -0.2) is 4.79 Å². The van der Waals surface area contributed by atoms with Gasteiger partial charge < -0.3 is 15.4 Å². The number of alkyl halides is 3. The van der Waals surface area contributed by atoms with Gasteiger partial charge >= 0.3 is 12.3 Å². The number of hydrogen-bond acceptors (Lipinski definition) is 3. The second-order valence-electron chi connectivity index (χ2n) is 5.89. The van der Waals surface area contributed by atoms with E-state index in [2.05, 4.69) is 0 Å². The molecule has 1 rings (SSSR count). The van der Waals surface area contributed by atoms with Crippen LogP contribution in [0.5, 0.6) is 0 Å². The van der Waals surface area contributed by atoms with E-state index in [-0.39, 0.29) is 19.6 Å². The maximum atomic E-state index is 12.5. The molecule has 0 aliphatic carbocycles. The number of nitrogens with zero attached hydrogens (tertiary/aromatic N) is 1. The van der Waals surface area contributed by atoms with Gasteiger partial charge in [-0.15, -0.1) is 0 Å². The highest BCUT2D eigenvalue weighted by Crippen LogP contribution is 2.29. The molecule has 0 radical (unpaired) electrons. The SMILES string of the molecule is CC(C)(C)OC(=O)N(CCN)Cc1ccc(C(F)(F)F)cc1. The summed E-state index contributed by atoms with van der Waals surface area (Å²) in [6.45, 7) is 5.86. The normalized spacial score (nSPS) is 12.1. The van der Waals surface area contributed by atoms with Crippen molar-refractivity contribution in [1.29, 1.82) is 0 Å². The first-order chi connectivity index (χ1) is 10.0. The number of hydrogen-bond donors (Lipinski definition) is 1. The number of halogens is 3. The lowest BCUT2D eigenvalue weighted by Gasteiger charge is -2.27. The van der Waals surface area contributed by atoms with Crippen molar-refractivity contribution in [1.82, 2.24) is 4.90 Å². The second-order valence-corrected chi connectivity index (χ2v) is 5.89. The Morgan fingerprint density at radius 2 is 1.73 bits per heavy atom. The molecule has 22 heavy (non-hydrogen) atoms. The summed E-state index contributed by atoms with van der Waals surface area (Å²) in [4.78, 5) is 13.4. The smallest absolute Gasteiger partial charge is 0.416 e. The minimum atomic E-state index is -4.37. The number of benzene rings is 1. The molecule has 1 amide bonds.